The van der Waals surface area contributed by atoms with Crippen LogP contribution in [0, 0.1) is 5.41 Å². The number of aryl methyl sites for hydroxylation is 1. The first-order valence-corrected chi connectivity index (χ1v) is 11.9. The Balaban J connectivity index is 1.40. The third-order valence-corrected chi connectivity index (χ3v) is 6.89. The van der Waals surface area contributed by atoms with Crippen molar-refractivity contribution in [2.75, 3.05) is 33.4 Å². The van der Waals surface area contributed by atoms with Gasteiger partial charge in [-0.1, -0.05) is 31.0 Å². The SMILES string of the molecule is COc1ccnc(C(=O)N2CCC3(CCCCCc4ccccc4OCCNC3=O)CC2)c1. The maximum Gasteiger partial charge on any atom is 0.272 e. The minimum absolute atomic E-state index is 0.0882. The van der Waals surface area contributed by atoms with E-state index in [0.717, 1.165) is 37.9 Å². The van der Waals surface area contributed by atoms with E-state index in [-0.39, 0.29) is 11.8 Å². The van der Waals surface area contributed by atoms with Gasteiger partial charge in [-0.25, -0.2) is 0 Å². The second-order valence-electron chi connectivity index (χ2n) is 8.93. The number of nitrogens with one attached hydrogen (secondary N) is 1. The van der Waals surface area contributed by atoms with Crippen LogP contribution in [0.4, 0.5) is 0 Å². The van der Waals surface area contributed by atoms with Crippen molar-refractivity contribution in [1.29, 1.82) is 0 Å². The highest BCUT2D eigenvalue weighted by atomic mass is 16.5. The molecule has 7 nitrogen and oxygen atoms in total. The molecule has 1 fully saturated rings. The fraction of sp³-hybridized carbons (Fsp3) is 0.500. The minimum Gasteiger partial charge on any atom is -0.497 e. The van der Waals surface area contributed by atoms with Crippen LogP contribution in [-0.2, 0) is 11.2 Å². The summed E-state index contributed by atoms with van der Waals surface area (Å²) in [5, 5.41) is 3.11. The van der Waals surface area contributed by atoms with Crippen molar-refractivity contribution in [3.63, 3.8) is 0 Å². The molecule has 2 aromatic rings. The van der Waals surface area contributed by atoms with Crippen molar-refractivity contribution in [2.24, 2.45) is 5.41 Å². The Hall–Kier alpha value is -3.09. The lowest BCUT2D eigenvalue weighted by Gasteiger charge is -2.40. The fourth-order valence-electron chi connectivity index (χ4n) is 4.87. The molecule has 0 bridgehead atoms. The summed E-state index contributed by atoms with van der Waals surface area (Å²) < 4.78 is 11.2. The first-order valence-electron chi connectivity index (χ1n) is 11.9. The van der Waals surface area contributed by atoms with E-state index in [1.165, 1.54) is 5.56 Å². The van der Waals surface area contributed by atoms with Gasteiger partial charge in [0.05, 0.1) is 19.1 Å². The summed E-state index contributed by atoms with van der Waals surface area (Å²) >= 11 is 0. The van der Waals surface area contributed by atoms with Gasteiger partial charge in [-0.15, -0.1) is 0 Å². The van der Waals surface area contributed by atoms with Gasteiger partial charge in [-0.2, -0.15) is 0 Å². The summed E-state index contributed by atoms with van der Waals surface area (Å²) in [7, 11) is 1.57. The summed E-state index contributed by atoms with van der Waals surface area (Å²) in [6, 6.07) is 11.5. The quantitative estimate of drug-likeness (QED) is 0.754. The van der Waals surface area contributed by atoms with Gasteiger partial charge in [0, 0.05) is 25.4 Å². The van der Waals surface area contributed by atoms with E-state index in [1.54, 1.807) is 30.3 Å². The maximum absolute atomic E-state index is 13.3. The summed E-state index contributed by atoms with van der Waals surface area (Å²) in [6.45, 7) is 2.02. The van der Waals surface area contributed by atoms with E-state index in [2.05, 4.69) is 16.4 Å². The van der Waals surface area contributed by atoms with Crippen molar-refractivity contribution in [2.45, 2.75) is 44.9 Å². The molecule has 7 heteroatoms. The molecular formula is C26H33N3O4. The molecule has 2 aliphatic rings. The molecule has 1 N–H and O–H groups in total. The van der Waals surface area contributed by atoms with E-state index in [1.807, 2.05) is 18.2 Å². The molecule has 2 amide bonds. The smallest absolute Gasteiger partial charge is 0.272 e. The van der Waals surface area contributed by atoms with Crippen LogP contribution >= 0.6 is 0 Å². The van der Waals surface area contributed by atoms with E-state index >= 15 is 0 Å². The Morgan fingerprint density at radius 3 is 2.76 bits per heavy atom. The van der Waals surface area contributed by atoms with E-state index < -0.39 is 5.41 Å². The largest absolute Gasteiger partial charge is 0.497 e. The Labute approximate surface area is 195 Å². The molecule has 176 valence electrons. The number of aromatic nitrogens is 1. The van der Waals surface area contributed by atoms with Gasteiger partial charge in [-0.05, 0) is 49.8 Å². The molecule has 1 aromatic carbocycles. The van der Waals surface area contributed by atoms with Gasteiger partial charge in [0.25, 0.3) is 5.91 Å². The van der Waals surface area contributed by atoms with Gasteiger partial charge in [0.2, 0.25) is 5.91 Å². The zero-order valence-corrected chi connectivity index (χ0v) is 19.3. The van der Waals surface area contributed by atoms with Gasteiger partial charge >= 0.3 is 0 Å². The van der Waals surface area contributed by atoms with Crippen molar-refractivity contribution in [1.82, 2.24) is 15.2 Å². The molecule has 2 aliphatic heterocycles. The highest BCUT2D eigenvalue weighted by Crippen LogP contribution is 2.38. The molecule has 1 saturated heterocycles. The summed E-state index contributed by atoms with van der Waals surface area (Å²) in [5.41, 5.74) is 1.18. The zero-order chi connectivity index (χ0) is 23.1. The molecule has 0 aliphatic carbocycles. The third-order valence-electron chi connectivity index (χ3n) is 6.89. The molecular weight excluding hydrogens is 418 g/mol. The average molecular weight is 452 g/mol. The number of ether oxygens (including phenoxy) is 2. The number of carbonyl (C=O) groups is 2. The number of hydrogen-bond donors (Lipinski definition) is 1. The molecule has 0 atom stereocenters. The summed E-state index contributed by atoms with van der Waals surface area (Å²) in [5.74, 6) is 1.50. The molecule has 0 unspecified atom stereocenters. The average Bonchev–Trinajstić information content (AvgIpc) is 2.87. The number of amides is 2. The number of methoxy groups -OCH3 is 1. The van der Waals surface area contributed by atoms with Crippen molar-refractivity contribution in [3.8, 4) is 11.5 Å². The predicted octanol–water partition coefficient (Wildman–Crippen LogP) is 3.62. The highest BCUT2D eigenvalue weighted by molar-refractivity contribution is 5.93. The Morgan fingerprint density at radius 1 is 1.12 bits per heavy atom. The van der Waals surface area contributed by atoms with Crippen molar-refractivity contribution in [3.05, 3.63) is 53.9 Å². The Bertz CT molecular complexity index is 970. The zero-order valence-electron chi connectivity index (χ0n) is 19.3. The number of benzene rings is 1. The first kappa shape index (κ1) is 23.1. The van der Waals surface area contributed by atoms with Crippen LogP contribution in [0.25, 0.3) is 0 Å². The van der Waals surface area contributed by atoms with E-state index in [9.17, 15) is 9.59 Å². The monoisotopic (exact) mass is 451 g/mol. The van der Waals surface area contributed by atoms with Gasteiger partial charge in [0.15, 0.2) is 0 Å². The van der Waals surface area contributed by atoms with Gasteiger partial charge in [-0.3, -0.25) is 14.6 Å². The third kappa shape index (κ3) is 5.46. The number of hydrogen-bond acceptors (Lipinski definition) is 5. The Morgan fingerprint density at radius 2 is 1.94 bits per heavy atom. The second kappa shape index (κ2) is 10.7. The standard InChI is InChI=1S/C26H33N3O4/c1-32-21-10-14-27-22(19-21)24(30)29-16-12-26(13-17-29)11-6-2-3-7-20-8-4-5-9-23(20)33-18-15-28-25(26)31/h4-5,8-10,14,19H,2-3,6-7,11-13,15-18H2,1H3,(H,28,31). The predicted molar refractivity (Wildman–Crippen MR) is 125 cm³/mol. The van der Waals surface area contributed by atoms with Gasteiger partial charge < -0.3 is 19.7 Å². The summed E-state index contributed by atoms with van der Waals surface area (Å²) in [4.78, 5) is 32.3. The first-order chi connectivity index (χ1) is 16.1. The maximum atomic E-state index is 13.3. The number of pyridine rings is 1. The van der Waals surface area contributed by atoms with Crippen LogP contribution in [0.2, 0.25) is 0 Å². The number of likely N-dealkylation sites (tertiary alicyclic amines) is 1. The number of rotatable bonds is 2. The topological polar surface area (TPSA) is 80.8 Å². The lowest BCUT2D eigenvalue weighted by molar-refractivity contribution is -0.134. The number of nitrogens with zero attached hydrogens (tertiary/aromatic N) is 2. The number of piperidine rings is 1. The van der Waals surface area contributed by atoms with E-state index in [0.29, 0.717) is 50.5 Å². The summed E-state index contributed by atoms with van der Waals surface area (Å²) in [6.07, 6.45) is 7.89. The van der Waals surface area contributed by atoms with Crippen LogP contribution in [0.15, 0.2) is 42.6 Å². The minimum atomic E-state index is -0.431. The lowest BCUT2D eigenvalue weighted by Crippen LogP contribution is -2.50. The van der Waals surface area contributed by atoms with Crippen LogP contribution < -0.4 is 14.8 Å². The lowest BCUT2D eigenvalue weighted by atomic mass is 9.73. The number of para-hydroxylation sites is 1. The second-order valence-corrected chi connectivity index (χ2v) is 8.93. The normalized spacial score (nSPS) is 19.2. The number of carbonyl (C=O) groups excluding carboxylic acids is 2. The molecule has 0 saturated carbocycles. The molecule has 3 heterocycles. The highest BCUT2D eigenvalue weighted by Gasteiger charge is 2.41. The molecule has 1 aromatic heterocycles. The number of fused-ring (bicyclic) bond motifs is 1. The molecule has 4 rings (SSSR count). The molecule has 0 radical (unpaired) electrons. The fourth-order valence-corrected chi connectivity index (χ4v) is 4.87. The molecule has 1 spiro atoms. The van der Waals surface area contributed by atoms with E-state index in [4.69, 9.17) is 9.47 Å². The van der Waals surface area contributed by atoms with Crippen LogP contribution in [-0.4, -0.2) is 55.0 Å². The van der Waals surface area contributed by atoms with Crippen LogP contribution in [0.3, 0.4) is 0 Å². The van der Waals surface area contributed by atoms with Crippen molar-refractivity contribution >= 4 is 11.8 Å². The van der Waals surface area contributed by atoms with Crippen LogP contribution in [0.5, 0.6) is 11.5 Å². The van der Waals surface area contributed by atoms with Gasteiger partial charge in [0.1, 0.15) is 23.8 Å². The van der Waals surface area contributed by atoms with Crippen molar-refractivity contribution < 1.29 is 19.1 Å². The molecule has 33 heavy (non-hydrogen) atoms. The Kier molecular flexibility index (Phi) is 7.47. The van der Waals surface area contributed by atoms with Crippen LogP contribution in [0.1, 0.15) is 54.6 Å².